The van der Waals surface area contributed by atoms with E-state index in [1.807, 2.05) is 6.54 Å². The van der Waals surface area contributed by atoms with Crippen molar-refractivity contribution < 1.29 is 0 Å². The van der Waals surface area contributed by atoms with Crippen molar-refractivity contribution in [3.8, 4) is 0 Å². The maximum atomic E-state index is 3.27. The van der Waals surface area contributed by atoms with E-state index in [2.05, 4.69) is 12.2 Å². The van der Waals surface area contributed by atoms with E-state index in [1.165, 1.54) is 32.2 Å². The van der Waals surface area contributed by atoms with Crippen molar-refractivity contribution in [3.63, 3.8) is 0 Å². The van der Waals surface area contributed by atoms with Crippen molar-refractivity contribution in [3.05, 3.63) is 6.54 Å². The zero-order valence-corrected chi connectivity index (χ0v) is 6.19. The average molecular weight is 126 g/mol. The highest BCUT2D eigenvalue weighted by molar-refractivity contribution is 4.70. The van der Waals surface area contributed by atoms with E-state index in [0.717, 1.165) is 5.92 Å². The fourth-order valence-corrected chi connectivity index (χ4v) is 1.50. The Morgan fingerprint density at radius 2 is 2.11 bits per heavy atom. The summed E-state index contributed by atoms with van der Waals surface area (Å²) >= 11 is 0. The molecule has 0 heterocycles. The van der Waals surface area contributed by atoms with Crippen LogP contribution in [0.15, 0.2) is 0 Å². The molecule has 0 spiro atoms. The molecule has 1 radical (unpaired) electrons. The Hall–Kier alpha value is -0.0400. The molecule has 1 N–H and O–H groups in total. The maximum Gasteiger partial charge on any atom is 0.0190 e. The summed E-state index contributed by atoms with van der Waals surface area (Å²) in [7, 11) is 0. The first-order valence-corrected chi connectivity index (χ1v) is 3.94. The Balaban J connectivity index is 1.98. The van der Waals surface area contributed by atoms with Gasteiger partial charge in [-0.3, -0.25) is 0 Å². The first kappa shape index (κ1) is 7.07. The van der Waals surface area contributed by atoms with Gasteiger partial charge < -0.3 is 5.32 Å². The minimum absolute atomic E-state index is 0.973. The molecule has 0 aromatic rings. The van der Waals surface area contributed by atoms with E-state index in [9.17, 15) is 0 Å². The van der Waals surface area contributed by atoms with Crippen LogP contribution in [0.25, 0.3) is 0 Å². The van der Waals surface area contributed by atoms with Crippen LogP contribution in [0.5, 0.6) is 0 Å². The quantitative estimate of drug-likeness (QED) is 0.609. The van der Waals surface area contributed by atoms with Crippen LogP contribution < -0.4 is 5.32 Å². The molecule has 1 aliphatic carbocycles. The molecule has 9 heavy (non-hydrogen) atoms. The lowest BCUT2D eigenvalue weighted by Crippen LogP contribution is -2.16. The molecule has 0 atom stereocenters. The third-order valence-electron chi connectivity index (χ3n) is 2.09. The summed E-state index contributed by atoms with van der Waals surface area (Å²) in [6.45, 7) is 5.30. The van der Waals surface area contributed by atoms with Crippen LogP contribution in [-0.2, 0) is 0 Å². The summed E-state index contributed by atoms with van der Waals surface area (Å²) in [6, 6.07) is 0. The molecule has 0 bridgehead atoms. The summed E-state index contributed by atoms with van der Waals surface area (Å²) in [4.78, 5) is 0. The summed E-state index contributed by atoms with van der Waals surface area (Å²) in [5.74, 6) is 0.973. The SMILES string of the molecule is C[CH]NCC1CCCC1. The lowest BCUT2D eigenvalue weighted by Gasteiger charge is -2.07. The van der Waals surface area contributed by atoms with Gasteiger partial charge in [-0.1, -0.05) is 12.8 Å². The fraction of sp³-hybridized carbons (Fsp3) is 0.875. The van der Waals surface area contributed by atoms with Crippen molar-refractivity contribution in [1.82, 2.24) is 5.32 Å². The van der Waals surface area contributed by atoms with Crippen LogP contribution >= 0.6 is 0 Å². The normalized spacial score (nSPS) is 21.0. The Morgan fingerprint density at radius 1 is 1.44 bits per heavy atom. The molecule has 1 aliphatic rings. The predicted octanol–water partition coefficient (Wildman–Crippen LogP) is 1.95. The second-order valence-corrected chi connectivity index (χ2v) is 2.85. The molecule has 0 unspecified atom stereocenters. The fourth-order valence-electron chi connectivity index (χ4n) is 1.50. The monoisotopic (exact) mass is 126 g/mol. The number of hydrogen-bond acceptors (Lipinski definition) is 1. The van der Waals surface area contributed by atoms with Gasteiger partial charge in [0, 0.05) is 6.54 Å². The lowest BCUT2D eigenvalue weighted by atomic mass is 10.1. The van der Waals surface area contributed by atoms with E-state index < -0.39 is 0 Å². The minimum Gasteiger partial charge on any atom is -0.312 e. The van der Waals surface area contributed by atoms with E-state index in [-0.39, 0.29) is 0 Å². The average Bonchev–Trinajstić information content (AvgIpc) is 2.34. The third-order valence-corrected chi connectivity index (χ3v) is 2.09. The molecule has 0 amide bonds. The van der Waals surface area contributed by atoms with E-state index >= 15 is 0 Å². The van der Waals surface area contributed by atoms with Crippen LogP contribution in [-0.4, -0.2) is 6.54 Å². The van der Waals surface area contributed by atoms with E-state index in [0.29, 0.717) is 0 Å². The van der Waals surface area contributed by atoms with Crippen molar-refractivity contribution >= 4 is 0 Å². The summed E-state index contributed by atoms with van der Waals surface area (Å²) in [5, 5.41) is 3.27. The third kappa shape index (κ3) is 2.35. The minimum atomic E-state index is 0.973. The summed E-state index contributed by atoms with van der Waals surface area (Å²) < 4.78 is 0. The predicted molar refractivity (Wildman–Crippen MR) is 39.9 cm³/mol. The number of nitrogens with one attached hydrogen (secondary N) is 1. The second kappa shape index (κ2) is 3.89. The summed E-state index contributed by atoms with van der Waals surface area (Å²) in [5.41, 5.74) is 0. The van der Waals surface area contributed by atoms with Crippen molar-refractivity contribution in [2.24, 2.45) is 5.92 Å². The molecule has 1 rings (SSSR count). The van der Waals surface area contributed by atoms with Crippen LogP contribution in [0.1, 0.15) is 32.6 Å². The molecule has 1 nitrogen and oxygen atoms in total. The number of hydrogen-bond donors (Lipinski definition) is 1. The Labute approximate surface area is 57.8 Å². The Bertz CT molecular complexity index is 65.0. The maximum absolute atomic E-state index is 3.27. The zero-order chi connectivity index (χ0) is 6.53. The zero-order valence-electron chi connectivity index (χ0n) is 6.19. The van der Waals surface area contributed by atoms with Crippen LogP contribution in [0.2, 0.25) is 0 Å². The highest BCUT2D eigenvalue weighted by Gasteiger charge is 2.13. The first-order valence-electron chi connectivity index (χ1n) is 3.94. The second-order valence-electron chi connectivity index (χ2n) is 2.85. The molecular weight excluding hydrogens is 110 g/mol. The van der Waals surface area contributed by atoms with Crippen LogP contribution in [0.3, 0.4) is 0 Å². The highest BCUT2D eigenvalue weighted by Crippen LogP contribution is 2.23. The van der Waals surface area contributed by atoms with Gasteiger partial charge >= 0.3 is 0 Å². The van der Waals surface area contributed by atoms with Gasteiger partial charge in [0.15, 0.2) is 0 Å². The molecular formula is C8H16N. The first-order chi connectivity index (χ1) is 4.43. The largest absolute Gasteiger partial charge is 0.312 e. The highest BCUT2D eigenvalue weighted by atomic mass is 14.8. The van der Waals surface area contributed by atoms with Gasteiger partial charge in [0.05, 0.1) is 0 Å². The van der Waals surface area contributed by atoms with Crippen LogP contribution in [0.4, 0.5) is 0 Å². The van der Waals surface area contributed by atoms with Crippen molar-refractivity contribution in [2.75, 3.05) is 6.54 Å². The van der Waals surface area contributed by atoms with Crippen molar-refractivity contribution in [2.45, 2.75) is 32.6 Å². The molecule has 1 fully saturated rings. The molecule has 0 aromatic carbocycles. The molecule has 1 heteroatoms. The van der Waals surface area contributed by atoms with Gasteiger partial charge in [0.25, 0.3) is 0 Å². The molecule has 0 aliphatic heterocycles. The van der Waals surface area contributed by atoms with E-state index in [1.54, 1.807) is 0 Å². The van der Waals surface area contributed by atoms with Gasteiger partial charge in [-0.05, 0) is 32.2 Å². The molecule has 1 saturated carbocycles. The Morgan fingerprint density at radius 3 is 2.67 bits per heavy atom. The van der Waals surface area contributed by atoms with Gasteiger partial charge in [0.2, 0.25) is 0 Å². The summed E-state index contributed by atoms with van der Waals surface area (Å²) in [6.07, 6.45) is 5.80. The van der Waals surface area contributed by atoms with Crippen molar-refractivity contribution in [1.29, 1.82) is 0 Å². The topological polar surface area (TPSA) is 12.0 Å². The van der Waals surface area contributed by atoms with Crippen LogP contribution in [0, 0.1) is 12.5 Å². The van der Waals surface area contributed by atoms with Gasteiger partial charge in [-0.25, -0.2) is 0 Å². The smallest absolute Gasteiger partial charge is 0.0190 e. The van der Waals surface area contributed by atoms with E-state index in [4.69, 9.17) is 0 Å². The van der Waals surface area contributed by atoms with Gasteiger partial charge in [-0.15, -0.1) is 0 Å². The molecule has 0 saturated heterocycles. The van der Waals surface area contributed by atoms with Gasteiger partial charge in [0.1, 0.15) is 0 Å². The number of rotatable bonds is 3. The Kier molecular flexibility index (Phi) is 3.05. The standard InChI is InChI=1S/C8H16N/c1-2-9-7-8-5-3-4-6-8/h2,8-9H,3-7H2,1H3. The molecule has 0 aromatic heterocycles. The lowest BCUT2D eigenvalue weighted by molar-refractivity contribution is 0.516. The molecule has 53 valence electrons. The van der Waals surface area contributed by atoms with Gasteiger partial charge in [-0.2, -0.15) is 0 Å².